The van der Waals surface area contributed by atoms with Crippen LogP contribution in [0.2, 0.25) is 0 Å². The van der Waals surface area contributed by atoms with Crippen molar-refractivity contribution in [1.29, 1.82) is 0 Å². The SMILES string of the molecule is COc1ccc(S(=O)(=O)c2cnc3c(CN4CCCC(F)(F)C4)cccc3c2)cc1NC(C)=O.Cl. The van der Waals surface area contributed by atoms with Crippen molar-refractivity contribution in [2.75, 3.05) is 25.5 Å². The first-order valence-electron chi connectivity index (χ1n) is 10.8. The number of ether oxygens (including phenoxy) is 1. The lowest BCUT2D eigenvalue weighted by Gasteiger charge is -2.32. The van der Waals surface area contributed by atoms with E-state index in [1.165, 1.54) is 44.5 Å². The molecule has 0 saturated carbocycles. The lowest BCUT2D eigenvalue weighted by molar-refractivity contribution is -0.114. The summed E-state index contributed by atoms with van der Waals surface area (Å²) in [6.45, 7) is 1.90. The molecule has 1 N–H and O–H groups in total. The quantitative estimate of drug-likeness (QED) is 0.502. The van der Waals surface area contributed by atoms with E-state index >= 15 is 0 Å². The lowest BCUT2D eigenvalue weighted by atomic mass is 10.0. The summed E-state index contributed by atoms with van der Waals surface area (Å²) in [5, 5.41) is 3.16. The van der Waals surface area contributed by atoms with Gasteiger partial charge in [-0.1, -0.05) is 18.2 Å². The summed E-state index contributed by atoms with van der Waals surface area (Å²) in [5.74, 6) is -2.73. The number of hydrogen-bond acceptors (Lipinski definition) is 6. The van der Waals surface area contributed by atoms with Gasteiger partial charge in [0.2, 0.25) is 15.7 Å². The number of benzene rings is 2. The molecule has 0 aliphatic carbocycles. The van der Waals surface area contributed by atoms with E-state index in [-0.39, 0.29) is 46.8 Å². The maximum absolute atomic E-state index is 13.8. The summed E-state index contributed by atoms with van der Waals surface area (Å²) in [5.41, 5.74) is 1.57. The number of aromatic nitrogens is 1. The van der Waals surface area contributed by atoms with Crippen LogP contribution >= 0.6 is 12.4 Å². The predicted molar refractivity (Wildman–Crippen MR) is 131 cm³/mol. The normalized spacial score (nSPS) is 15.9. The molecule has 1 aliphatic rings. The third kappa shape index (κ3) is 5.88. The largest absolute Gasteiger partial charge is 0.495 e. The smallest absolute Gasteiger partial charge is 0.260 e. The number of anilines is 1. The van der Waals surface area contributed by atoms with Gasteiger partial charge in [-0.05, 0) is 42.8 Å². The van der Waals surface area contributed by atoms with Gasteiger partial charge in [0.05, 0.1) is 34.6 Å². The number of likely N-dealkylation sites (tertiary alicyclic amines) is 1. The van der Waals surface area contributed by atoms with Gasteiger partial charge in [-0.3, -0.25) is 14.7 Å². The highest BCUT2D eigenvalue weighted by atomic mass is 35.5. The highest BCUT2D eigenvalue weighted by Crippen LogP contribution is 2.32. The highest BCUT2D eigenvalue weighted by Gasteiger charge is 2.35. The molecule has 4 rings (SSSR count). The molecule has 35 heavy (non-hydrogen) atoms. The molecule has 0 radical (unpaired) electrons. The Morgan fingerprint density at radius 1 is 1.20 bits per heavy atom. The molecular formula is C24H26ClF2N3O4S. The summed E-state index contributed by atoms with van der Waals surface area (Å²) < 4.78 is 59.4. The van der Waals surface area contributed by atoms with Crippen LogP contribution in [0.5, 0.6) is 5.75 Å². The summed E-state index contributed by atoms with van der Waals surface area (Å²) >= 11 is 0. The third-order valence-corrected chi connectivity index (χ3v) is 7.46. The maximum atomic E-state index is 13.8. The first-order chi connectivity index (χ1) is 16.1. The summed E-state index contributed by atoms with van der Waals surface area (Å²) in [4.78, 5) is 17.6. The van der Waals surface area contributed by atoms with Gasteiger partial charge in [-0.2, -0.15) is 0 Å². The number of amides is 1. The van der Waals surface area contributed by atoms with Crippen LogP contribution in [-0.4, -0.2) is 50.3 Å². The molecule has 0 unspecified atom stereocenters. The number of nitrogens with one attached hydrogen (secondary N) is 1. The fourth-order valence-electron chi connectivity index (χ4n) is 4.18. The van der Waals surface area contributed by atoms with Crippen molar-refractivity contribution >= 4 is 44.7 Å². The van der Waals surface area contributed by atoms with E-state index in [9.17, 15) is 22.0 Å². The van der Waals surface area contributed by atoms with Crippen molar-refractivity contribution in [1.82, 2.24) is 9.88 Å². The van der Waals surface area contributed by atoms with Crippen molar-refractivity contribution in [3.05, 3.63) is 54.2 Å². The number of methoxy groups -OCH3 is 1. The van der Waals surface area contributed by atoms with Crippen molar-refractivity contribution in [2.45, 2.75) is 42.0 Å². The zero-order valence-corrected chi connectivity index (χ0v) is 20.9. The second-order valence-electron chi connectivity index (χ2n) is 8.38. The number of sulfone groups is 1. The average Bonchev–Trinajstić information content (AvgIpc) is 2.78. The molecule has 1 saturated heterocycles. The fourth-order valence-corrected chi connectivity index (χ4v) is 5.44. The molecule has 2 heterocycles. The Labute approximate surface area is 208 Å². The first-order valence-corrected chi connectivity index (χ1v) is 12.3. The Hall–Kier alpha value is -2.82. The Balaban J connectivity index is 0.00000342. The molecule has 1 aliphatic heterocycles. The molecule has 0 spiro atoms. The van der Waals surface area contributed by atoms with E-state index in [1.807, 2.05) is 6.07 Å². The van der Waals surface area contributed by atoms with E-state index in [0.29, 0.717) is 36.2 Å². The van der Waals surface area contributed by atoms with E-state index < -0.39 is 15.8 Å². The van der Waals surface area contributed by atoms with Gasteiger partial charge in [-0.15, -0.1) is 12.4 Å². The standard InChI is InChI=1S/C24H25F2N3O4S.ClH/c1-16(30)28-21-12-19(7-8-22(21)33-2)34(31,32)20-11-17-5-3-6-18(23(17)27-13-20)14-29-10-4-9-24(25,26)15-29;/h3,5-8,11-13H,4,9-10,14-15H2,1-2H3,(H,28,30);1H. The molecule has 0 bridgehead atoms. The van der Waals surface area contributed by atoms with Gasteiger partial charge in [-0.25, -0.2) is 17.2 Å². The first kappa shape index (κ1) is 26.8. The molecular weight excluding hydrogens is 500 g/mol. The highest BCUT2D eigenvalue weighted by molar-refractivity contribution is 7.91. The predicted octanol–water partition coefficient (Wildman–Crippen LogP) is 4.69. The van der Waals surface area contributed by atoms with Crippen molar-refractivity contribution in [3.63, 3.8) is 0 Å². The third-order valence-electron chi connectivity index (χ3n) is 5.74. The number of fused-ring (bicyclic) bond motifs is 1. The van der Waals surface area contributed by atoms with Gasteiger partial charge < -0.3 is 10.1 Å². The van der Waals surface area contributed by atoms with Gasteiger partial charge in [0.25, 0.3) is 5.92 Å². The van der Waals surface area contributed by atoms with Crippen LogP contribution in [0.3, 0.4) is 0 Å². The Kier molecular flexibility index (Phi) is 7.98. The monoisotopic (exact) mass is 525 g/mol. The maximum Gasteiger partial charge on any atom is 0.260 e. The van der Waals surface area contributed by atoms with E-state index in [1.54, 1.807) is 17.0 Å². The summed E-state index contributed by atoms with van der Waals surface area (Å²) in [6.07, 6.45) is 1.59. The van der Waals surface area contributed by atoms with Gasteiger partial charge in [0, 0.05) is 31.5 Å². The van der Waals surface area contributed by atoms with Crippen LogP contribution in [0.1, 0.15) is 25.3 Å². The number of carbonyl (C=O) groups excluding carboxylic acids is 1. The van der Waals surface area contributed by atoms with Crippen LogP contribution in [0.15, 0.2) is 58.5 Å². The number of nitrogens with zero attached hydrogens (tertiary/aromatic N) is 2. The number of halogens is 3. The van der Waals surface area contributed by atoms with Crippen molar-refractivity contribution in [3.8, 4) is 5.75 Å². The molecule has 7 nitrogen and oxygen atoms in total. The Morgan fingerprint density at radius 2 is 1.97 bits per heavy atom. The van der Waals surface area contributed by atoms with E-state index in [0.717, 1.165) is 5.56 Å². The average molecular weight is 526 g/mol. The van der Waals surface area contributed by atoms with Crippen LogP contribution in [-0.2, 0) is 21.2 Å². The van der Waals surface area contributed by atoms with Gasteiger partial charge in [0.15, 0.2) is 0 Å². The molecule has 1 aromatic heterocycles. The second-order valence-corrected chi connectivity index (χ2v) is 10.3. The molecule has 1 amide bonds. The summed E-state index contributed by atoms with van der Waals surface area (Å²) in [6, 6.07) is 11.1. The topological polar surface area (TPSA) is 88.6 Å². The number of pyridine rings is 1. The van der Waals surface area contributed by atoms with Crippen LogP contribution in [0.25, 0.3) is 10.9 Å². The Bertz CT molecular complexity index is 1350. The molecule has 0 atom stereocenters. The number of alkyl halides is 2. The Morgan fingerprint density at radius 3 is 2.66 bits per heavy atom. The molecule has 3 aromatic rings. The molecule has 2 aromatic carbocycles. The van der Waals surface area contributed by atoms with Crippen molar-refractivity contribution < 1.29 is 26.7 Å². The van der Waals surface area contributed by atoms with E-state index in [4.69, 9.17) is 4.74 Å². The number of piperidine rings is 1. The number of carbonyl (C=O) groups is 1. The second kappa shape index (κ2) is 10.4. The van der Waals surface area contributed by atoms with Gasteiger partial charge in [0.1, 0.15) is 5.75 Å². The summed E-state index contributed by atoms with van der Waals surface area (Å²) in [7, 11) is -2.53. The molecule has 11 heteroatoms. The van der Waals surface area contributed by atoms with E-state index in [2.05, 4.69) is 10.3 Å². The van der Waals surface area contributed by atoms with Crippen LogP contribution in [0.4, 0.5) is 14.5 Å². The number of para-hydroxylation sites is 1. The number of hydrogen-bond donors (Lipinski definition) is 1. The van der Waals surface area contributed by atoms with Gasteiger partial charge >= 0.3 is 0 Å². The minimum absolute atomic E-state index is 0. The lowest BCUT2D eigenvalue weighted by Crippen LogP contribution is -2.42. The van der Waals surface area contributed by atoms with Crippen LogP contribution in [0, 0.1) is 0 Å². The van der Waals surface area contributed by atoms with Crippen LogP contribution < -0.4 is 10.1 Å². The zero-order valence-electron chi connectivity index (χ0n) is 19.3. The van der Waals surface area contributed by atoms with Crippen molar-refractivity contribution in [2.24, 2.45) is 0 Å². The fraction of sp³-hybridized carbons (Fsp3) is 0.333. The minimum Gasteiger partial charge on any atom is -0.495 e. The minimum atomic E-state index is -3.95. The molecule has 188 valence electrons. The molecule has 1 fully saturated rings. The number of rotatable bonds is 6. The zero-order chi connectivity index (χ0) is 24.5.